The molecule has 4 aromatic rings. The van der Waals surface area contributed by atoms with Gasteiger partial charge in [0.2, 0.25) is 0 Å². The van der Waals surface area contributed by atoms with Crippen LogP contribution >= 0.6 is 0 Å². The molecule has 2 aliphatic carbocycles. The Balaban J connectivity index is 1.34. The summed E-state index contributed by atoms with van der Waals surface area (Å²) in [6.45, 7) is 2.64. The van der Waals surface area contributed by atoms with Gasteiger partial charge in [0.1, 0.15) is 5.60 Å². The second-order valence-corrected chi connectivity index (χ2v) is 10.7. The Morgan fingerprint density at radius 3 is 2.55 bits per heavy atom. The third-order valence-corrected chi connectivity index (χ3v) is 7.99. The van der Waals surface area contributed by atoms with Crippen LogP contribution in [0.1, 0.15) is 77.7 Å². The average molecular weight is 507 g/mol. The number of carbonyl (C=O) groups excluding carboxylic acids is 1. The summed E-state index contributed by atoms with van der Waals surface area (Å²) in [6.07, 6.45) is 14.7. The molecule has 5 nitrogen and oxygen atoms in total. The molecule has 5 heteroatoms. The minimum Gasteiger partial charge on any atom is -0.465 e. The fraction of sp³-hybridized carbons (Fsp3) is 0.303. The fourth-order valence-corrected chi connectivity index (χ4v) is 5.86. The number of rotatable bonds is 6. The van der Waals surface area contributed by atoms with Crippen molar-refractivity contribution in [2.24, 2.45) is 0 Å². The fourth-order valence-electron chi connectivity index (χ4n) is 5.86. The van der Waals surface area contributed by atoms with Crippen LogP contribution in [0.25, 0.3) is 34.4 Å². The van der Waals surface area contributed by atoms with Crippen molar-refractivity contribution in [2.45, 2.75) is 57.2 Å². The van der Waals surface area contributed by atoms with Gasteiger partial charge in [-0.05, 0) is 78.8 Å². The molecule has 2 aromatic heterocycles. The summed E-state index contributed by atoms with van der Waals surface area (Å²) in [7, 11) is 1.42. The van der Waals surface area contributed by atoms with Gasteiger partial charge in [0.05, 0.1) is 30.7 Å². The zero-order chi connectivity index (χ0) is 26.1. The largest absolute Gasteiger partial charge is 0.465 e. The van der Waals surface area contributed by atoms with Crippen molar-refractivity contribution in [2.75, 3.05) is 7.11 Å². The molecule has 6 rings (SSSR count). The Hall–Kier alpha value is -3.83. The van der Waals surface area contributed by atoms with Crippen LogP contribution in [-0.2, 0) is 16.1 Å². The van der Waals surface area contributed by atoms with Crippen LogP contribution in [0.2, 0.25) is 0 Å². The summed E-state index contributed by atoms with van der Waals surface area (Å²) in [6, 6.07) is 18.4. The van der Waals surface area contributed by atoms with E-state index in [0.717, 1.165) is 33.7 Å². The molecule has 0 aliphatic heterocycles. The summed E-state index contributed by atoms with van der Waals surface area (Å²) in [4.78, 5) is 19.5. The molecule has 0 amide bonds. The van der Waals surface area contributed by atoms with Crippen LogP contribution in [0.3, 0.4) is 0 Å². The standard InChI is InChI=1S/C33H34N2O3/c1-33(38-21-22-9-5-3-6-10-22)17-15-24-19-29(34-27(24)16-18-33)31-30(23-11-7-4-8-12-23)26-14-13-25(32(36)37-2)20-28(26)35-31/h3,5-6,9-10,13-20,23,34-35H,4,7-8,11-12,21H2,1-2H3. The number of ether oxygens (including phenoxy) is 2. The number of fused-ring (bicyclic) bond motifs is 2. The molecule has 1 saturated carbocycles. The number of carbonyl (C=O) groups is 1. The molecule has 194 valence electrons. The first kappa shape index (κ1) is 24.5. The number of nitrogens with one attached hydrogen (secondary N) is 2. The lowest BCUT2D eigenvalue weighted by Gasteiger charge is -2.23. The van der Waals surface area contributed by atoms with Gasteiger partial charge in [-0.1, -0.05) is 61.7 Å². The van der Waals surface area contributed by atoms with Gasteiger partial charge in [0.15, 0.2) is 0 Å². The third-order valence-electron chi connectivity index (χ3n) is 7.99. The molecular weight excluding hydrogens is 472 g/mol. The quantitative estimate of drug-likeness (QED) is 0.260. The number of benzene rings is 2. The predicted octanol–water partition coefficient (Wildman–Crippen LogP) is 8.01. The molecule has 2 aliphatic rings. The van der Waals surface area contributed by atoms with E-state index in [0.29, 0.717) is 18.1 Å². The summed E-state index contributed by atoms with van der Waals surface area (Å²) < 4.78 is 11.3. The first-order valence-corrected chi connectivity index (χ1v) is 13.6. The van der Waals surface area contributed by atoms with Gasteiger partial charge in [-0.15, -0.1) is 0 Å². The average Bonchev–Trinajstić information content (AvgIpc) is 3.51. The summed E-state index contributed by atoms with van der Waals surface area (Å²) >= 11 is 0. The van der Waals surface area contributed by atoms with E-state index in [9.17, 15) is 4.79 Å². The van der Waals surface area contributed by atoms with Gasteiger partial charge >= 0.3 is 5.97 Å². The van der Waals surface area contributed by atoms with Crippen molar-refractivity contribution >= 4 is 29.0 Å². The zero-order valence-corrected chi connectivity index (χ0v) is 22.1. The van der Waals surface area contributed by atoms with E-state index in [1.54, 1.807) is 0 Å². The Bertz CT molecular complexity index is 1490. The molecule has 1 fully saturated rings. The number of esters is 1. The highest BCUT2D eigenvalue weighted by molar-refractivity contribution is 5.98. The van der Waals surface area contributed by atoms with Crippen molar-refractivity contribution in [1.29, 1.82) is 0 Å². The van der Waals surface area contributed by atoms with E-state index in [4.69, 9.17) is 9.47 Å². The topological polar surface area (TPSA) is 67.1 Å². The van der Waals surface area contributed by atoms with Crippen LogP contribution < -0.4 is 0 Å². The Morgan fingerprint density at radius 1 is 0.974 bits per heavy atom. The lowest BCUT2D eigenvalue weighted by molar-refractivity contribution is 0.0296. The predicted molar refractivity (Wildman–Crippen MR) is 153 cm³/mol. The molecule has 2 N–H and O–H groups in total. The van der Waals surface area contributed by atoms with Gasteiger partial charge in [0, 0.05) is 16.6 Å². The minimum absolute atomic E-state index is 0.318. The first-order valence-electron chi connectivity index (χ1n) is 13.6. The Kier molecular flexibility index (Phi) is 6.54. The van der Waals surface area contributed by atoms with Gasteiger partial charge < -0.3 is 19.4 Å². The number of hydrogen-bond acceptors (Lipinski definition) is 3. The molecule has 0 bridgehead atoms. The monoisotopic (exact) mass is 506 g/mol. The normalized spacial score (nSPS) is 19.4. The second-order valence-electron chi connectivity index (χ2n) is 10.7. The summed E-state index contributed by atoms with van der Waals surface area (Å²) in [5.41, 5.74) is 7.93. The van der Waals surface area contributed by atoms with E-state index in [2.05, 4.69) is 65.5 Å². The number of aromatic amines is 2. The molecule has 2 aromatic carbocycles. The summed E-state index contributed by atoms with van der Waals surface area (Å²) in [5.74, 6) is 0.182. The molecule has 38 heavy (non-hydrogen) atoms. The highest BCUT2D eigenvalue weighted by Crippen LogP contribution is 2.43. The maximum Gasteiger partial charge on any atom is 0.337 e. The van der Waals surface area contributed by atoms with Crippen LogP contribution in [0.5, 0.6) is 0 Å². The lowest BCUT2D eigenvalue weighted by atomic mass is 9.82. The molecule has 0 spiro atoms. The number of aromatic nitrogens is 2. The van der Waals surface area contributed by atoms with Crippen LogP contribution in [0, 0.1) is 0 Å². The number of hydrogen-bond donors (Lipinski definition) is 2. The third kappa shape index (κ3) is 4.74. The van der Waals surface area contributed by atoms with E-state index in [1.165, 1.54) is 50.2 Å². The Labute approximate surface area is 223 Å². The van der Waals surface area contributed by atoms with Crippen molar-refractivity contribution < 1.29 is 14.3 Å². The first-order chi connectivity index (χ1) is 18.5. The summed E-state index contributed by atoms with van der Waals surface area (Å²) in [5, 5.41) is 1.19. The molecule has 0 radical (unpaired) electrons. The molecular formula is C33H34N2O3. The minimum atomic E-state index is -0.492. The highest BCUT2D eigenvalue weighted by Gasteiger charge is 2.26. The second kappa shape index (κ2) is 10.1. The van der Waals surface area contributed by atoms with Crippen LogP contribution in [-0.4, -0.2) is 28.6 Å². The van der Waals surface area contributed by atoms with Crippen molar-refractivity contribution in [3.8, 4) is 11.4 Å². The van der Waals surface area contributed by atoms with E-state index in [1.807, 2.05) is 30.3 Å². The van der Waals surface area contributed by atoms with Crippen molar-refractivity contribution in [3.05, 3.63) is 94.7 Å². The van der Waals surface area contributed by atoms with Gasteiger partial charge in [-0.3, -0.25) is 0 Å². The SMILES string of the molecule is COC(=O)c1ccc2c(C3CCCCC3)c(-c3cc4c([nH]3)C=CC(C)(OCc3ccccc3)C=C4)[nH]c2c1. The van der Waals surface area contributed by atoms with Gasteiger partial charge in [-0.25, -0.2) is 4.79 Å². The molecule has 1 unspecified atom stereocenters. The van der Waals surface area contributed by atoms with E-state index in [-0.39, 0.29) is 5.97 Å². The molecule has 0 saturated heterocycles. The molecule has 2 heterocycles. The van der Waals surface area contributed by atoms with E-state index < -0.39 is 5.60 Å². The maximum absolute atomic E-state index is 12.2. The lowest BCUT2D eigenvalue weighted by Crippen LogP contribution is -2.22. The zero-order valence-electron chi connectivity index (χ0n) is 22.1. The van der Waals surface area contributed by atoms with Gasteiger partial charge in [-0.2, -0.15) is 0 Å². The van der Waals surface area contributed by atoms with Crippen molar-refractivity contribution in [1.82, 2.24) is 9.97 Å². The number of methoxy groups -OCH3 is 1. The highest BCUT2D eigenvalue weighted by atomic mass is 16.5. The van der Waals surface area contributed by atoms with E-state index >= 15 is 0 Å². The van der Waals surface area contributed by atoms with Crippen LogP contribution in [0.4, 0.5) is 0 Å². The van der Waals surface area contributed by atoms with Gasteiger partial charge in [0.25, 0.3) is 0 Å². The van der Waals surface area contributed by atoms with Crippen molar-refractivity contribution in [3.63, 3.8) is 0 Å². The Morgan fingerprint density at radius 2 is 1.76 bits per heavy atom. The maximum atomic E-state index is 12.2. The molecule has 1 atom stereocenters. The smallest absolute Gasteiger partial charge is 0.337 e. The van der Waals surface area contributed by atoms with Crippen LogP contribution in [0.15, 0.2) is 66.7 Å². The number of H-pyrrole nitrogens is 2.